The molecule has 158 valence electrons. The van der Waals surface area contributed by atoms with E-state index in [0.717, 1.165) is 17.3 Å². The van der Waals surface area contributed by atoms with Crippen molar-refractivity contribution in [1.82, 2.24) is 15.0 Å². The number of nitrogens with zero attached hydrogens (tertiary/aromatic N) is 5. The van der Waals surface area contributed by atoms with Crippen LogP contribution in [-0.4, -0.2) is 58.8 Å². The molecule has 1 aromatic carbocycles. The van der Waals surface area contributed by atoms with E-state index in [9.17, 15) is 9.18 Å². The number of benzene rings is 1. The van der Waals surface area contributed by atoms with Gasteiger partial charge in [0.05, 0.1) is 10.7 Å². The third-order valence-corrected chi connectivity index (χ3v) is 6.47. The number of rotatable bonds is 6. The molecule has 1 saturated heterocycles. The molecule has 11 heteroatoms. The molecular weight excluding hydrogens is 477 g/mol. The number of aromatic nitrogens is 3. The van der Waals surface area contributed by atoms with Gasteiger partial charge < -0.3 is 19.6 Å². The van der Waals surface area contributed by atoms with Crippen LogP contribution in [0.4, 0.5) is 15.5 Å². The zero-order chi connectivity index (χ0) is 21.3. The van der Waals surface area contributed by atoms with E-state index in [-0.39, 0.29) is 18.5 Å². The highest BCUT2D eigenvalue weighted by molar-refractivity contribution is 9.10. The van der Waals surface area contributed by atoms with E-state index in [2.05, 4.69) is 35.8 Å². The number of piperidine rings is 1. The summed E-state index contributed by atoms with van der Waals surface area (Å²) in [6, 6.07) is 4.41. The number of hydrogen-bond acceptors (Lipinski definition) is 8. The standard InChI is InChI=1S/C19H19BrFN5O3S/c1-25(10-16(27)28)19-23-14-9-22-18(24-17(14)30-19)26-6-4-12(5-7-26)29-15-8-11(21)2-3-13(15)20/h2-3,8-9,12H,4-7,10H2,1H3,(H,27,28). The predicted octanol–water partition coefficient (Wildman–Crippen LogP) is 3.56. The van der Waals surface area contributed by atoms with E-state index in [1.165, 1.54) is 23.5 Å². The van der Waals surface area contributed by atoms with Crippen LogP contribution in [0.15, 0.2) is 28.9 Å². The summed E-state index contributed by atoms with van der Waals surface area (Å²) in [5.41, 5.74) is 0.644. The summed E-state index contributed by atoms with van der Waals surface area (Å²) in [4.78, 5) is 28.7. The average Bonchev–Trinajstić information content (AvgIpc) is 3.14. The number of likely N-dealkylation sites (N-methyl/N-ethyl adjacent to an activating group) is 1. The molecule has 1 N–H and O–H groups in total. The van der Waals surface area contributed by atoms with Crippen molar-refractivity contribution in [3.05, 3.63) is 34.7 Å². The van der Waals surface area contributed by atoms with Crippen LogP contribution in [0.3, 0.4) is 0 Å². The summed E-state index contributed by atoms with van der Waals surface area (Å²) < 4.78 is 20.2. The van der Waals surface area contributed by atoms with Gasteiger partial charge in [0.25, 0.3) is 0 Å². The first-order valence-electron chi connectivity index (χ1n) is 9.32. The highest BCUT2D eigenvalue weighted by atomic mass is 79.9. The van der Waals surface area contributed by atoms with Gasteiger partial charge in [0.1, 0.15) is 29.7 Å². The Labute approximate surface area is 184 Å². The van der Waals surface area contributed by atoms with Crippen LogP contribution < -0.4 is 14.5 Å². The number of carbonyl (C=O) groups is 1. The van der Waals surface area contributed by atoms with Gasteiger partial charge in [-0.2, -0.15) is 4.98 Å². The molecule has 8 nitrogen and oxygen atoms in total. The van der Waals surface area contributed by atoms with Crippen molar-refractivity contribution in [2.24, 2.45) is 0 Å². The second-order valence-corrected chi connectivity index (χ2v) is 8.80. The number of carboxylic acids is 1. The molecule has 0 radical (unpaired) electrons. The third-order valence-electron chi connectivity index (χ3n) is 4.74. The summed E-state index contributed by atoms with van der Waals surface area (Å²) >= 11 is 4.73. The lowest BCUT2D eigenvalue weighted by Gasteiger charge is -2.32. The molecule has 0 bridgehead atoms. The fraction of sp³-hybridized carbons (Fsp3) is 0.368. The van der Waals surface area contributed by atoms with Gasteiger partial charge in [0.2, 0.25) is 5.95 Å². The topological polar surface area (TPSA) is 91.7 Å². The lowest BCUT2D eigenvalue weighted by molar-refractivity contribution is -0.135. The van der Waals surface area contributed by atoms with Crippen LogP contribution in [0.25, 0.3) is 10.3 Å². The van der Waals surface area contributed by atoms with Crippen LogP contribution in [0.5, 0.6) is 5.75 Å². The number of halogens is 2. The second-order valence-electron chi connectivity index (χ2n) is 6.99. The minimum absolute atomic E-state index is 0.0113. The molecule has 0 aliphatic carbocycles. The van der Waals surface area contributed by atoms with E-state index in [1.807, 2.05) is 0 Å². The van der Waals surface area contributed by atoms with E-state index in [0.29, 0.717) is 40.3 Å². The molecule has 4 rings (SSSR count). The largest absolute Gasteiger partial charge is 0.489 e. The lowest BCUT2D eigenvalue weighted by atomic mass is 10.1. The van der Waals surface area contributed by atoms with Crippen molar-refractivity contribution < 1.29 is 19.0 Å². The summed E-state index contributed by atoms with van der Waals surface area (Å²) in [5.74, 6) is -0.123. The van der Waals surface area contributed by atoms with Crippen LogP contribution in [0.2, 0.25) is 0 Å². The number of aliphatic carboxylic acids is 1. The van der Waals surface area contributed by atoms with Crippen molar-refractivity contribution in [3.63, 3.8) is 0 Å². The smallest absolute Gasteiger partial charge is 0.323 e. The summed E-state index contributed by atoms with van der Waals surface area (Å²) in [6.45, 7) is 1.30. The number of ether oxygens (including phenoxy) is 1. The first-order valence-corrected chi connectivity index (χ1v) is 10.9. The molecule has 3 heterocycles. The Bertz CT molecular complexity index is 1070. The van der Waals surface area contributed by atoms with E-state index in [4.69, 9.17) is 9.84 Å². The Morgan fingerprint density at radius 2 is 2.17 bits per heavy atom. The fourth-order valence-electron chi connectivity index (χ4n) is 3.22. The highest BCUT2D eigenvalue weighted by Crippen LogP contribution is 2.30. The van der Waals surface area contributed by atoms with Gasteiger partial charge in [-0.05, 0) is 28.1 Å². The molecule has 0 unspecified atom stereocenters. The molecule has 0 spiro atoms. The molecule has 0 amide bonds. The Balaban J connectivity index is 1.41. The van der Waals surface area contributed by atoms with Gasteiger partial charge in [-0.1, -0.05) is 11.3 Å². The van der Waals surface area contributed by atoms with E-state index in [1.54, 1.807) is 24.2 Å². The van der Waals surface area contributed by atoms with Crippen LogP contribution in [0.1, 0.15) is 12.8 Å². The maximum absolute atomic E-state index is 13.5. The van der Waals surface area contributed by atoms with Gasteiger partial charge in [-0.25, -0.2) is 14.4 Å². The van der Waals surface area contributed by atoms with Crippen molar-refractivity contribution >= 4 is 54.7 Å². The average molecular weight is 496 g/mol. The summed E-state index contributed by atoms with van der Waals surface area (Å²) in [7, 11) is 1.68. The third kappa shape index (κ3) is 4.62. The molecular formula is C19H19BrFN5O3S. The van der Waals surface area contributed by atoms with Gasteiger partial charge in [0.15, 0.2) is 9.96 Å². The first-order chi connectivity index (χ1) is 14.4. The zero-order valence-corrected chi connectivity index (χ0v) is 18.5. The molecule has 1 fully saturated rings. The van der Waals surface area contributed by atoms with Crippen molar-refractivity contribution in [1.29, 1.82) is 0 Å². The minimum Gasteiger partial charge on any atom is -0.489 e. The predicted molar refractivity (Wildman–Crippen MR) is 116 cm³/mol. The molecule has 1 aliphatic heterocycles. The lowest BCUT2D eigenvalue weighted by Crippen LogP contribution is -2.39. The number of hydrogen-bond donors (Lipinski definition) is 1. The van der Waals surface area contributed by atoms with Gasteiger partial charge in [0, 0.05) is 39.0 Å². The molecule has 0 atom stereocenters. The Hall–Kier alpha value is -2.53. The van der Waals surface area contributed by atoms with Gasteiger partial charge in [-0.3, -0.25) is 4.79 Å². The summed E-state index contributed by atoms with van der Waals surface area (Å²) in [5, 5.41) is 9.54. The van der Waals surface area contributed by atoms with Crippen molar-refractivity contribution in [2.75, 3.05) is 36.5 Å². The number of thiazole rings is 1. The highest BCUT2D eigenvalue weighted by Gasteiger charge is 2.24. The minimum atomic E-state index is -0.918. The SMILES string of the molecule is CN(CC(=O)O)c1nc2cnc(N3CCC(Oc4cc(F)ccc4Br)CC3)nc2s1. The molecule has 30 heavy (non-hydrogen) atoms. The number of carboxylic acid groups (broad SMARTS) is 1. The summed E-state index contributed by atoms with van der Waals surface area (Å²) in [6.07, 6.45) is 3.18. The Kier molecular flexibility index (Phi) is 6.00. The van der Waals surface area contributed by atoms with Crippen LogP contribution >= 0.6 is 27.3 Å². The maximum atomic E-state index is 13.5. The number of fused-ring (bicyclic) bond motifs is 1. The number of anilines is 2. The van der Waals surface area contributed by atoms with Gasteiger partial charge in [-0.15, -0.1) is 0 Å². The van der Waals surface area contributed by atoms with Crippen molar-refractivity contribution in [2.45, 2.75) is 18.9 Å². The van der Waals surface area contributed by atoms with Crippen LogP contribution in [-0.2, 0) is 4.79 Å². The van der Waals surface area contributed by atoms with E-state index < -0.39 is 5.97 Å². The molecule has 3 aromatic rings. The quantitative estimate of drug-likeness (QED) is 0.554. The van der Waals surface area contributed by atoms with Crippen LogP contribution in [0, 0.1) is 5.82 Å². The first kappa shape index (κ1) is 20.7. The van der Waals surface area contributed by atoms with E-state index >= 15 is 0 Å². The maximum Gasteiger partial charge on any atom is 0.323 e. The molecule has 2 aromatic heterocycles. The molecule has 0 saturated carbocycles. The Morgan fingerprint density at radius 3 is 2.90 bits per heavy atom. The van der Waals surface area contributed by atoms with Crippen molar-refractivity contribution in [3.8, 4) is 5.75 Å². The van der Waals surface area contributed by atoms with Gasteiger partial charge >= 0.3 is 5.97 Å². The monoisotopic (exact) mass is 495 g/mol. The Morgan fingerprint density at radius 1 is 1.40 bits per heavy atom. The molecule has 1 aliphatic rings. The normalized spacial score (nSPS) is 14.8. The zero-order valence-electron chi connectivity index (χ0n) is 16.1. The second kappa shape index (κ2) is 8.68. The fourth-order valence-corrected chi connectivity index (χ4v) is 4.43.